The number of hydrogen-bond acceptors (Lipinski definition) is 3. The minimum absolute atomic E-state index is 0.156. The van der Waals surface area contributed by atoms with Gasteiger partial charge in [0.1, 0.15) is 0 Å². The number of aliphatic imine (C=N–C) groups is 1. The zero-order chi connectivity index (χ0) is 15.5. The summed E-state index contributed by atoms with van der Waals surface area (Å²) in [6.45, 7) is 0. The van der Waals surface area contributed by atoms with Crippen molar-refractivity contribution in [2.24, 2.45) is 4.99 Å². The molecular weight excluding hydrogens is 407 g/mol. The first-order valence-electron chi connectivity index (χ1n) is 7.26. The second-order valence-corrected chi connectivity index (χ2v) is 8.51. The number of nitriles is 1. The molecule has 0 saturated heterocycles. The molecule has 1 heterocycles. The van der Waals surface area contributed by atoms with Gasteiger partial charge < -0.3 is 0 Å². The molecule has 0 spiro atoms. The SMILES string of the molecule is N#Cc1c(/N=C/c2cc(Br)ccc2O)[se]c2c1CCCCC2. The number of aryl methyl sites for hydroxylation is 1. The van der Waals surface area contributed by atoms with Crippen molar-refractivity contribution in [3.8, 4) is 11.8 Å². The number of halogens is 1. The molecule has 0 amide bonds. The molecule has 1 aromatic carbocycles. The van der Waals surface area contributed by atoms with Gasteiger partial charge in [-0.1, -0.05) is 0 Å². The van der Waals surface area contributed by atoms with Gasteiger partial charge in [0.05, 0.1) is 0 Å². The van der Waals surface area contributed by atoms with E-state index in [0.717, 1.165) is 27.4 Å². The summed E-state index contributed by atoms with van der Waals surface area (Å²) >= 11 is 3.55. The molecule has 1 aliphatic carbocycles. The predicted octanol–water partition coefficient (Wildman–Crippen LogP) is 4.10. The number of rotatable bonds is 2. The van der Waals surface area contributed by atoms with Crippen molar-refractivity contribution < 1.29 is 5.11 Å². The average molecular weight is 422 g/mol. The summed E-state index contributed by atoms with van der Waals surface area (Å²) in [5.41, 5.74) is 2.70. The number of hydrogen-bond donors (Lipinski definition) is 1. The van der Waals surface area contributed by atoms with Gasteiger partial charge in [-0.05, 0) is 0 Å². The Hall–Kier alpha value is -1.34. The molecular formula is C17H15BrN2OSe. The van der Waals surface area contributed by atoms with Crippen LogP contribution >= 0.6 is 15.9 Å². The standard InChI is InChI=1S/C17H15BrN2OSe/c18-12-6-7-15(21)11(8-12)10-20-17-14(9-19)13-4-2-1-3-5-16(13)22-17/h6-8,10,21H,1-5H2/b20-10+. The molecule has 0 unspecified atom stereocenters. The van der Waals surface area contributed by atoms with Gasteiger partial charge in [0, 0.05) is 0 Å². The van der Waals surface area contributed by atoms with Crippen molar-refractivity contribution in [1.29, 1.82) is 5.26 Å². The molecule has 1 N–H and O–H groups in total. The van der Waals surface area contributed by atoms with Crippen LogP contribution in [0.3, 0.4) is 0 Å². The van der Waals surface area contributed by atoms with Gasteiger partial charge >= 0.3 is 144 Å². The third kappa shape index (κ3) is 3.20. The third-order valence-corrected chi connectivity index (χ3v) is 6.84. The molecule has 3 rings (SSSR count). The van der Waals surface area contributed by atoms with Crippen molar-refractivity contribution in [2.75, 3.05) is 0 Å². The van der Waals surface area contributed by atoms with E-state index in [-0.39, 0.29) is 20.3 Å². The normalized spacial score (nSPS) is 14.5. The van der Waals surface area contributed by atoms with Crippen LogP contribution in [-0.4, -0.2) is 25.8 Å². The molecule has 0 bridgehead atoms. The van der Waals surface area contributed by atoms with E-state index in [9.17, 15) is 10.4 Å². The Balaban J connectivity index is 1.97. The summed E-state index contributed by atoms with van der Waals surface area (Å²) < 4.78 is 3.25. The van der Waals surface area contributed by atoms with Crippen LogP contribution in [0.15, 0.2) is 27.7 Å². The van der Waals surface area contributed by atoms with Crippen LogP contribution in [0.4, 0.5) is 4.56 Å². The van der Waals surface area contributed by atoms with Gasteiger partial charge in [0.15, 0.2) is 0 Å². The van der Waals surface area contributed by atoms with Crippen molar-refractivity contribution in [3.63, 3.8) is 0 Å². The van der Waals surface area contributed by atoms with Crippen molar-refractivity contribution in [2.45, 2.75) is 32.1 Å². The molecule has 0 fully saturated rings. The van der Waals surface area contributed by atoms with E-state index in [4.69, 9.17) is 0 Å². The van der Waals surface area contributed by atoms with Gasteiger partial charge in [-0.25, -0.2) is 0 Å². The minimum atomic E-state index is 0.156. The summed E-state index contributed by atoms with van der Waals surface area (Å²) in [6, 6.07) is 7.61. The fourth-order valence-electron chi connectivity index (χ4n) is 2.69. The Morgan fingerprint density at radius 1 is 1.27 bits per heavy atom. The van der Waals surface area contributed by atoms with E-state index >= 15 is 0 Å². The van der Waals surface area contributed by atoms with Crippen LogP contribution in [0, 0.1) is 11.3 Å². The average Bonchev–Trinajstić information content (AvgIpc) is 2.68. The van der Waals surface area contributed by atoms with Gasteiger partial charge in [-0.15, -0.1) is 0 Å². The zero-order valence-corrected chi connectivity index (χ0v) is 15.3. The zero-order valence-electron chi connectivity index (χ0n) is 12.0. The molecule has 0 radical (unpaired) electrons. The number of aromatic hydroxyl groups is 1. The Morgan fingerprint density at radius 3 is 2.91 bits per heavy atom. The fourth-order valence-corrected chi connectivity index (χ4v) is 5.55. The molecule has 22 heavy (non-hydrogen) atoms. The second-order valence-electron chi connectivity index (χ2n) is 5.32. The molecule has 0 atom stereocenters. The number of phenols is 1. The Kier molecular flexibility index (Phi) is 4.83. The molecule has 1 aliphatic rings. The molecule has 0 aliphatic heterocycles. The van der Waals surface area contributed by atoms with Crippen LogP contribution in [0.5, 0.6) is 5.75 Å². The quantitative estimate of drug-likeness (QED) is 0.450. The first-order valence-corrected chi connectivity index (χ1v) is 9.77. The molecule has 2 aromatic rings. The van der Waals surface area contributed by atoms with E-state index in [1.54, 1.807) is 18.3 Å². The second kappa shape index (κ2) is 6.83. The van der Waals surface area contributed by atoms with Gasteiger partial charge in [-0.3, -0.25) is 0 Å². The molecule has 5 heteroatoms. The van der Waals surface area contributed by atoms with E-state index in [0.29, 0.717) is 5.56 Å². The van der Waals surface area contributed by atoms with E-state index < -0.39 is 0 Å². The van der Waals surface area contributed by atoms with Crippen LogP contribution in [0.1, 0.15) is 40.4 Å². The predicted molar refractivity (Wildman–Crippen MR) is 92.4 cm³/mol. The fraction of sp³-hybridized carbons (Fsp3) is 0.294. The maximum absolute atomic E-state index is 9.88. The number of benzene rings is 1. The molecule has 3 nitrogen and oxygen atoms in total. The number of fused-ring (bicyclic) bond motifs is 1. The van der Waals surface area contributed by atoms with Crippen LogP contribution < -0.4 is 0 Å². The Morgan fingerprint density at radius 2 is 2.09 bits per heavy atom. The van der Waals surface area contributed by atoms with E-state index in [1.165, 1.54) is 29.3 Å². The maximum atomic E-state index is 9.88. The molecule has 0 saturated carbocycles. The first kappa shape index (κ1) is 15.6. The first-order chi connectivity index (χ1) is 10.7. The van der Waals surface area contributed by atoms with Crippen LogP contribution in [-0.2, 0) is 12.8 Å². The summed E-state index contributed by atoms with van der Waals surface area (Å²) in [6.07, 6.45) is 7.45. The third-order valence-electron chi connectivity index (χ3n) is 3.82. The summed E-state index contributed by atoms with van der Waals surface area (Å²) in [5.74, 6) is 0.200. The van der Waals surface area contributed by atoms with Crippen molar-refractivity contribution >= 4 is 41.2 Å². The summed E-state index contributed by atoms with van der Waals surface area (Å²) in [4.78, 5) is 4.54. The van der Waals surface area contributed by atoms with Gasteiger partial charge in [0.2, 0.25) is 0 Å². The molecule has 112 valence electrons. The summed E-state index contributed by atoms with van der Waals surface area (Å²) in [7, 11) is 0. The van der Waals surface area contributed by atoms with Gasteiger partial charge in [-0.2, -0.15) is 0 Å². The van der Waals surface area contributed by atoms with E-state index in [2.05, 4.69) is 27.0 Å². The van der Waals surface area contributed by atoms with E-state index in [1.807, 2.05) is 6.07 Å². The topological polar surface area (TPSA) is 56.4 Å². The Labute approximate surface area is 144 Å². The van der Waals surface area contributed by atoms with Crippen LogP contribution in [0.2, 0.25) is 0 Å². The van der Waals surface area contributed by atoms with Crippen LogP contribution in [0.25, 0.3) is 0 Å². The number of nitrogens with zero attached hydrogens (tertiary/aromatic N) is 2. The number of phenolic OH excluding ortho intramolecular Hbond substituents is 1. The Bertz CT molecular complexity index is 774. The molecule has 1 aromatic heterocycles. The van der Waals surface area contributed by atoms with Crippen molar-refractivity contribution in [1.82, 2.24) is 0 Å². The monoisotopic (exact) mass is 422 g/mol. The summed E-state index contributed by atoms with van der Waals surface area (Å²) in [5, 5.41) is 19.4. The van der Waals surface area contributed by atoms with Gasteiger partial charge in [0.25, 0.3) is 0 Å². The van der Waals surface area contributed by atoms with Crippen molar-refractivity contribution in [3.05, 3.63) is 43.8 Å².